The molecule has 0 aliphatic carbocycles. The lowest BCUT2D eigenvalue weighted by Crippen LogP contribution is -2.47. The van der Waals surface area contributed by atoms with E-state index in [0.29, 0.717) is 18.9 Å². The molecule has 0 radical (unpaired) electrons. The molecule has 1 aromatic carbocycles. The number of primary amides is 1. The molecule has 1 unspecified atom stereocenters. The predicted octanol–water partition coefficient (Wildman–Crippen LogP) is 1.62. The van der Waals surface area contributed by atoms with Crippen molar-refractivity contribution < 1.29 is 9.53 Å². The molecular formula is C18H28N4O2. The number of nitrogens with one attached hydrogen (secondary N) is 1. The first kappa shape index (κ1) is 18.1. The van der Waals surface area contributed by atoms with Crippen molar-refractivity contribution in [3.8, 4) is 5.75 Å². The third-order valence-electron chi connectivity index (χ3n) is 4.14. The lowest BCUT2D eigenvalue weighted by atomic mass is 9.95. The van der Waals surface area contributed by atoms with Crippen molar-refractivity contribution in [3.63, 3.8) is 0 Å². The highest BCUT2D eigenvalue weighted by atomic mass is 16.5. The minimum atomic E-state index is -0.220. The fourth-order valence-corrected chi connectivity index (χ4v) is 3.02. The Morgan fingerprint density at radius 3 is 2.92 bits per heavy atom. The standard InChI is InChI=1S/C18H28N4O2/c1-20-18(22-11-5-7-15(14-22)13-17(19)23)21-10-6-12-24-16-8-3-2-4-9-16/h2-4,8-9,15H,5-7,10-14H2,1H3,(H2,19,23)(H,20,21). The van der Waals surface area contributed by atoms with E-state index in [1.54, 1.807) is 7.05 Å². The van der Waals surface area contributed by atoms with Crippen molar-refractivity contribution in [2.45, 2.75) is 25.7 Å². The fraction of sp³-hybridized carbons (Fsp3) is 0.556. The molecule has 6 heteroatoms. The number of hydrogen-bond acceptors (Lipinski definition) is 3. The van der Waals surface area contributed by atoms with Crippen molar-refractivity contribution >= 4 is 11.9 Å². The molecule has 24 heavy (non-hydrogen) atoms. The minimum absolute atomic E-state index is 0.220. The molecule has 6 nitrogen and oxygen atoms in total. The molecule has 0 saturated carbocycles. The summed E-state index contributed by atoms with van der Waals surface area (Å²) >= 11 is 0. The van der Waals surface area contributed by atoms with Crippen molar-refractivity contribution in [1.82, 2.24) is 10.2 Å². The number of amides is 1. The number of benzene rings is 1. The summed E-state index contributed by atoms with van der Waals surface area (Å²) in [6.07, 6.45) is 3.47. The number of carbonyl (C=O) groups is 1. The van der Waals surface area contributed by atoms with E-state index in [2.05, 4.69) is 15.2 Å². The van der Waals surface area contributed by atoms with E-state index in [-0.39, 0.29) is 5.91 Å². The van der Waals surface area contributed by atoms with Gasteiger partial charge in [0.05, 0.1) is 6.61 Å². The van der Waals surface area contributed by atoms with Crippen LogP contribution >= 0.6 is 0 Å². The van der Waals surface area contributed by atoms with E-state index < -0.39 is 0 Å². The average molecular weight is 332 g/mol. The number of ether oxygens (including phenoxy) is 1. The summed E-state index contributed by atoms with van der Waals surface area (Å²) in [5.74, 6) is 1.90. The molecule has 0 bridgehead atoms. The van der Waals surface area contributed by atoms with Crippen LogP contribution in [-0.2, 0) is 4.79 Å². The summed E-state index contributed by atoms with van der Waals surface area (Å²) in [7, 11) is 1.79. The van der Waals surface area contributed by atoms with E-state index in [9.17, 15) is 4.79 Å². The molecule has 1 saturated heterocycles. The number of guanidine groups is 1. The highest BCUT2D eigenvalue weighted by molar-refractivity contribution is 5.80. The van der Waals surface area contributed by atoms with Crippen molar-refractivity contribution in [2.24, 2.45) is 16.6 Å². The van der Waals surface area contributed by atoms with E-state index >= 15 is 0 Å². The Morgan fingerprint density at radius 2 is 2.21 bits per heavy atom. The zero-order valence-corrected chi connectivity index (χ0v) is 14.4. The Labute approximate surface area is 144 Å². The molecule has 1 aromatic rings. The van der Waals surface area contributed by atoms with E-state index in [1.165, 1.54) is 0 Å². The first-order valence-electron chi connectivity index (χ1n) is 8.61. The summed E-state index contributed by atoms with van der Waals surface area (Å²) in [6, 6.07) is 9.82. The van der Waals surface area contributed by atoms with E-state index in [4.69, 9.17) is 10.5 Å². The van der Waals surface area contributed by atoms with Crippen LogP contribution in [-0.4, -0.2) is 50.1 Å². The van der Waals surface area contributed by atoms with Crippen LogP contribution in [0.4, 0.5) is 0 Å². The molecule has 1 aliphatic rings. The number of rotatable bonds is 7. The molecule has 0 aromatic heterocycles. The summed E-state index contributed by atoms with van der Waals surface area (Å²) in [6.45, 7) is 3.27. The average Bonchev–Trinajstić information content (AvgIpc) is 2.58. The maximum absolute atomic E-state index is 11.1. The number of nitrogens with two attached hydrogens (primary N) is 1. The van der Waals surface area contributed by atoms with Gasteiger partial charge in [0.1, 0.15) is 5.75 Å². The molecule has 2 rings (SSSR count). The fourth-order valence-electron chi connectivity index (χ4n) is 3.02. The number of para-hydroxylation sites is 1. The van der Waals surface area contributed by atoms with Crippen molar-refractivity contribution in [3.05, 3.63) is 30.3 Å². The molecule has 1 heterocycles. The van der Waals surface area contributed by atoms with Gasteiger partial charge in [-0.15, -0.1) is 0 Å². The molecule has 1 aliphatic heterocycles. The van der Waals surface area contributed by atoms with Crippen LogP contribution in [0.5, 0.6) is 5.75 Å². The number of hydrogen-bond donors (Lipinski definition) is 2. The zero-order valence-electron chi connectivity index (χ0n) is 14.4. The van der Waals surface area contributed by atoms with Gasteiger partial charge in [-0.1, -0.05) is 18.2 Å². The van der Waals surface area contributed by atoms with Crippen LogP contribution in [0.25, 0.3) is 0 Å². The second-order valence-corrected chi connectivity index (χ2v) is 6.11. The highest BCUT2D eigenvalue weighted by Gasteiger charge is 2.23. The van der Waals surface area contributed by atoms with Gasteiger partial charge in [0, 0.05) is 33.1 Å². The summed E-state index contributed by atoms with van der Waals surface area (Å²) in [5, 5.41) is 3.38. The number of aliphatic imine (C=N–C) groups is 1. The quantitative estimate of drug-likeness (QED) is 0.452. The molecule has 132 valence electrons. The molecule has 0 spiro atoms. The Balaban J connectivity index is 1.69. The number of piperidine rings is 1. The Bertz CT molecular complexity index is 533. The number of likely N-dealkylation sites (tertiary alicyclic amines) is 1. The van der Waals surface area contributed by atoms with Crippen LogP contribution in [0.1, 0.15) is 25.7 Å². The Hall–Kier alpha value is -2.24. The van der Waals surface area contributed by atoms with Crippen molar-refractivity contribution in [2.75, 3.05) is 33.3 Å². The Morgan fingerprint density at radius 1 is 1.42 bits per heavy atom. The van der Waals surface area contributed by atoms with Crippen LogP contribution < -0.4 is 15.8 Å². The van der Waals surface area contributed by atoms with Gasteiger partial charge in [0.25, 0.3) is 0 Å². The van der Waals surface area contributed by atoms with Gasteiger partial charge in [-0.3, -0.25) is 9.79 Å². The number of carbonyl (C=O) groups excluding carboxylic acids is 1. The minimum Gasteiger partial charge on any atom is -0.494 e. The van der Waals surface area contributed by atoms with E-state index in [1.807, 2.05) is 30.3 Å². The van der Waals surface area contributed by atoms with Gasteiger partial charge in [-0.05, 0) is 37.3 Å². The first-order chi connectivity index (χ1) is 11.7. The topological polar surface area (TPSA) is 80.0 Å². The zero-order chi connectivity index (χ0) is 17.2. The van der Waals surface area contributed by atoms with Gasteiger partial charge in [-0.25, -0.2) is 0 Å². The van der Waals surface area contributed by atoms with Gasteiger partial charge < -0.3 is 20.7 Å². The maximum Gasteiger partial charge on any atom is 0.217 e. The lowest BCUT2D eigenvalue weighted by Gasteiger charge is -2.34. The molecule has 1 amide bonds. The summed E-state index contributed by atoms with van der Waals surface area (Å²) in [4.78, 5) is 17.7. The second-order valence-electron chi connectivity index (χ2n) is 6.11. The summed E-state index contributed by atoms with van der Waals surface area (Å²) < 4.78 is 5.68. The van der Waals surface area contributed by atoms with Crippen LogP contribution in [0, 0.1) is 5.92 Å². The second kappa shape index (κ2) is 9.80. The lowest BCUT2D eigenvalue weighted by molar-refractivity contribution is -0.119. The largest absolute Gasteiger partial charge is 0.494 e. The Kier molecular flexibility index (Phi) is 7.39. The predicted molar refractivity (Wildman–Crippen MR) is 96.0 cm³/mol. The smallest absolute Gasteiger partial charge is 0.217 e. The number of nitrogens with zero attached hydrogens (tertiary/aromatic N) is 2. The summed E-state index contributed by atoms with van der Waals surface area (Å²) in [5.41, 5.74) is 5.32. The van der Waals surface area contributed by atoms with E-state index in [0.717, 1.165) is 50.6 Å². The van der Waals surface area contributed by atoms with Gasteiger partial charge in [-0.2, -0.15) is 0 Å². The van der Waals surface area contributed by atoms with Crippen LogP contribution in [0.2, 0.25) is 0 Å². The third-order valence-corrected chi connectivity index (χ3v) is 4.14. The van der Waals surface area contributed by atoms with Gasteiger partial charge in [0.15, 0.2) is 5.96 Å². The van der Waals surface area contributed by atoms with Crippen molar-refractivity contribution in [1.29, 1.82) is 0 Å². The van der Waals surface area contributed by atoms with Gasteiger partial charge >= 0.3 is 0 Å². The monoisotopic (exact) mass is 332 g/mol. The molecular weight excluding hydrogens is 304 g/mol. The normalized spacial score (nSPS) is 18.3. The SMILES string of the molecule is CN=C(NCCCOc1ccccc1)N1CCCC(CC(N)=O)C1. The van der Waals surface area contributed by atoms with Crippen LogP contribution in [0.15, 0.2) is 35.3 Å². The first-order valence-corrected chi connectivity index (χ1v) is 8.61. The third kappa shape index (κ3) is 6.10. The highest BCUT2D eigenvalue weighted by Crippen LogP contribution is 2.19. The van der Waals surface area contributed by atoms with Gasteiger partial charge in [0.2, 0.25) is 5.91 Å². The molecule has 3 N–H and O–H groups in total. The molecule has 1 atom stereocenters. The molecule has 1 fully saturated rings. The maximum atomic E-state index is 11.1. The van der Waals surface area contributed by atoms with Crippen LogP contribution in [0.3, 0.4) is 0 Å².